The molecule has 0 bridgehead atoms. The first-order chi connectivity index (χ1) is 4.92. The third-order valence-electron chi connectivity index (χ3n) is 1.86. The normalized spacial score (nSPS) is 19.0. The van der Waals surface area contributed by atoms with Gasteiger partial charge in [0.25, 0.3) is 0 Å². The van der Waals surface area contributed by atoms with E-state index in [2.05, 4.69) is 11.9 Å². The van der Waals surface area contributed by atoms with Crippen molar-refractivity contribution in [2.24, 2.45) is 0 Å². The van der Waals surface area contributed by atoms with E-state index in [1.54, 1.807) is 14.0 Å². The molecular weight excluding hydrogens is 145 g/mol. The van der Waals surface area contributed by atoms with Gasteiger partial charge in [-0.1, -0.05) is 6.58 Å². The van der Waals surface area contributed by atoms with Gasteiger partial charge in [-0.3, -0.25) is 0 Å². The van der Waals surface area contributed by atoms with E-state index in [4.69, 9.17) is 0 Å². The Labute approximate surface area is 67.1 Å². The van der Waals surface area contributed by atoms with Gasteiger partial charge in [-0.25, -0.2) is 4.39 Å². The Morgan fingerprint density at radius 2 is 2.27 bits per heavy atom. The summed E-state index contributed by atoms with van der Waals surface area (Å²) in [5.41, 5.74) is -1.34. The highest BCUT2D eigenvalue weighted by molar-refractivity contribution is 5.11. The topological polar surface area (TPSA) is 32.3 Å². The van der Waals surface area contributed by atoms with Crippen LogP contribution in [-0.2, 0) is 0 Å². The molecule has 66 valence electrons. The van der Waals surface area contributed by atoms with Crippen LogP contribution in [0, 0.1) is 0 Å². The molecule has 2 atom stereocenters. The van der Waals surface area contributed by atoms with Gasteiger partial charge in [0.15, 0.2) is 5.67 Å². The highest BCUT2D eigenvalue weighted by Gasteiger charge is 2.32. The molecule has 0 amide bonds. The minimum atomic E-state index is -1.69. The van der Waals surface area contributed by atoms with Crippen molar-refractivity contribution in [2.75, 3.05) is 13.6 Å². The summed E-state index contributed by atoms with van der Waals surface area (Å²) in [6.07, 6.45) is -1.02. The maximum absolute atomic E-state index is 13.4. The van der Waals surface area contributed by atoms with Gasteiger partial charge in [-0.15, -0.1) is 0 Å². The Morgan fingerprint density at radius 1 is 1.82 bits per heavy atom. The van der Waals surface area contributed by atoms with Crippen LogP contribution in [0.15, 0.2) is 12.2 Å². The summed E-state index contributed by atoms with van der Waals surface area (Å²) in [6.45, 7) is 6.60. The van der Waals surface area contributed by atoms with Crippen LogP contribution in [0.3, 0.4) is 0 Å². The average molecular weight is 161 g/mol. The largest absolute Gasteiger partial charge is 0.388 e. The molecule has 11 heavy (non-hydrogen) atoms. The van der Waals surface area contributed by atoms with Gasteiger partial charge in [-0.05, 0) is 26.5 Å². The van der Waals surface area contributed by atoms with E-state index >= 15 is 0 Å². The molecule has 0 aliphatic heterocycles. The van der Waals surface area contributed by atoms with Gasteiger partial charge in [-0.2, -0.15) is 0 Å². The van der Waals surface area contributed by atoms with Crippen molar-refractivity contribution in [1.82, 2.24) is 5.32 Å². The van der Waals surface area contributed by atoms with Gasteiger partial charge in [0.1, 0.15) is 6.10 Å². The summed E-state index contributed by atoms with van der Waals surface area (Å²) in [6, 6.07) is 0. The predicted molar refractivity (Wildman–Crippen MR) is 44.3 cm³/mol. The number of alkyl halides is 1. The maximum atomic E-state index is 13.4. The highest BCUT2D eigenvalue weighted by Crippen LogP contribution is 2.23. The molecule has 2 unspecified atom stereocenters. The number of rotatable bonds is 4. The lowest BCUT2D eigenvalue weighted by Crippen LogP contribution is -2.42. The molecule has 0 aliphatic carbocycles. The molecule has 0 radical (unpaired) electrons. The Balaban J connectivity index is 4.17. The van der Waals surface area contributed by atoms with E-state index in [-0.39, 0.29) is 6.54 Å². The number of likely N-dealkylation sites (N-methyl/N-ethyl adjacent to an activating group) is 1. The quantitative estimate of drug-likeness (QED) is 0.600. The summed E-state index contributed by atoms with van der Waals surface area (Å²) in [7, 11) is 1.66. The fourth-order valence-corrected chi connectivity index (χ4v) is 0.669. The summed E-state index contributed by atoms with van der Waals surface area (Å²) in [4.78, 5) is 0. The van der Waals surface area contributed by atoms with Crippen LogP contribution in [-0.4, -0.2) is 30.5 Å². The SMILES string of the molecule is C=C(C)C(C)(F)C(O)CNC. The molecule has 3 heteroatoms. The third kappa shape index (κ3) is 2.60. The Morgan fingerprint density at radius 3 is 2.55 bits per heavy atom. The number of hydrogen-bond acceptors (Lipinski definition) is 2. The number of halogens is 1. The molecular formula is C8H16FNO. The molecule has 0 aromatic rings. The molecule has 0 heterocycles. The smallest absolute Gasteiger partial charge is 0.155 e. The standard InChI is InChI=1S/C8H16FNO/c1-6(2)8(3,9)7(11)5-10-4/h7,10-11H,1,5H2,2-4H3. The van der Waals surface area contributed by atoms with Crippen molar-refractivity contribution in [2.45, 2.75) is 25.6 Å². The Hall–Kier alpha value is -0.410. The monoisotopic (exact) mass is 161 g/mol. The predicted octanol–water partition coefficient (Wildman–Crippen LogP) is 0.871. The van der Waals surface area contributed by atoms with Gasteiger partial charge in [0.2, 0.25) is 0 Å². The summed E-state index contributed by atoms with van der Waals surface area (Å²) in [5, 5.41) is 11.9. The van der Waals surface area contributed by atoms with Gasteiger partial charge in [0, 0.05) is 6.54 Å². The summed E-state index contributed by atoms with van der Waals surface area (Å²) < 4.78 is 13.4. The molecule has 0 aliphatic rings. The first-order valence-corrected chi connectivity index (χ1v) is 3.60. The van der Waals surface area contributed by atoms with Gasteiger partial charge in [0.05, 0.1) is 0 Å². The second kappa shape index (κ2) is 3.83. The van der Waals surface area contributed by atoms with E-state index in [0.29, 0.717) is 5.57 Å². The lowest BCUT2D eigenvalue weighted by atomic mass is 9.94. The molecule has 0 saturated heterocycles. The first kappa shape index (κ1) is 10.6. The second-order valence-electron chi connectivity index (χ2n) is 2.93. The highest BCUT2D eigenvalue weighted by atomic mass is 19.1. The number of hydrogen-bond donors (Lipinski definition) is 2. The van der Waals surface area contributed by atoms with Crippen LogP contribution in [0.5, 0.6) is 0 Å². The molecule has 0 spiro atoms. The fourth-order valence-electron chi connectivity index (χ4n) is 0.669. The number of aliphatic hydroxyl groups is 1. The van der Waals surface area contributed by atoms with Crippen molar-refractivity contribution in [3.63, 3.8) is 0 Å². The summed E-state index contributed by atoms with van der Waals surface area (Å²) >= 11 is 0. The molecule has 0 fully saturated rings. The number of nitrogens with one attached hydrogen (secondary N) is 1. The third-order valence-corrected chi connectivity index (χ3v) is 1.86. The molecule has 0 aromatic heterocycles. The van der Waals surface area contributed by atoms with Crippen molar-refractivity contribution < 1.29 is 9.50 Å². The molecule has 2 nitrogen and oxygen atoms in total. The van der Waals surface area contributed by atoms with Crippen LogP contribution in [0.25, 0.3) is 0 Å². The first-order valence-electron chi connectivity index (χ1n) is 3.60. The van der Waals surface area contributed by atoms with Crippen LogP contribution in [0.1, 0.15) is 13.8 Å². The van der Waals surface area contributed by atoms with E-state index in [9.17, 15) is 9.50 Å². The lowest BCUT2D eigenvalue weighted by Gasteiger charge is -2.26. The Kier molecular flexibility index (Phi) is 3.69. The fraction of sp³-hybridized carbons (Fsp3) is 0.750. The zero-order valence-corrected chi connectivity index (χ0v) is 7.32. The van der Waals surface area contributed by atoms with Crippen molar-refractivity contribution in [3.8, 4) is 0 Å². The minimum Gasteiger partial charge on any atom is -0.388 e. The zero-order valence-electron chi connectivity index (χ0n) is 7.32. The van der Waals surface area contributed by atoms with Gasteiger partial charge < -0.3 is 10.4 Å². The second-order valence-corrected chi connectivity index (χ2v) is 2.93. The van der Waals surface area contributed by atoms with Crippen LogP contribution >= 0.6 is 0 Å². The van der Waals surface area contributed by atoms with Crippen molar-refractivity contribution >= 4 is 0 Å². The minimum absolute atomic E-state index is 0.236. The molecule has 2 N–H and O–H groups in total. The molecule has 0 saturated carbocycles. The summed E-state index contributed by atoms with van der Waals surface area (Å²) in [5.74, 6) is 0. The van der Waals surface area contributed by atoms with E-state index in [0.717, 1.165) is 0 Å². The molecule has 0 aromatic carbocycles. The number of aliphatic hydroxyl groups excluding tert-OH is 1. The van der Waals surface area contributed by atoms with Gasteiger partial charge >= 0.3 is 0 Å². The van der Waals surface area contributed by atoms with Crippen molar-refractivity contribution in [3.05, 3.63) is 12.2 Å². The van der Waals surface area contributed by atoms with Crippen molar-refractivity contribution in [1.29, 1.82) is 0 Å². The van der Waals surface area contributed by atoms with Crippen LogP contribution in [0.2, 0.25) is 0 Å². The average Bonchev–Trinajstić information content (AvgIpc) is 1.88. The Bertz CT molecular complexity index is 145. The van der Waals surface area contributed by atoms with Crippen LogP contribution in [0.4, 0.5) is 4.39 Å². The van der Waals surface area contributed by atoms with E-state index < -0.39 is 11.8 Å². The lowest BCUT2D eigenvalue weighted by molar-refractivity contribution is 0.0320. The maximum Gasteiger partial charge on any atom is 0.155 e. The molecule has 0 rings (SSSR count). The van der Waals surface area contributed by atoms with E-state index in [1.807, 2.05) is 0 Å². The zero-order chi connectivity index (χ0) is 9.07. The van der Waals surface area contributed by atoms with E-state index in [1.165, 1.54) is 6.92 Å². The van der Waals surface area contributed by atoms with Crippen LogP contribution < -0.4 is 5.32 Å².